The summed E-state index contributed by atoms with van der Waals surface area (Å²) in [6.07, 6.45) is 2.21. The van der Waals surface area contributed by atoms with Crippen molar-refractivity contribution in [3.05, 3.63) is 64.5 Å². The highest BCUT2D eigenvalue weighted by molar-refractivity contribution is 7.16. The Morgan fingerprint density at radius 2 is 1.76 bits per heavy atom. The smallest absolute Gasteiger partial charge is 0.165 e. The average molecular weight is 486 g/mol. The fraction of sp³-hybridized carbons (Fsp3) is 0.385. The molecule has 0 atom stereocenters. The molecule has 3 aromatic rings. The van der Waals surface area contributed by atoms with E-state index in [4.69, 9.17) is 9.47 Å². The zero-order valence-corrected chi connectivity index (χ0v) is 20.3. The van der Waals surface area contributed by atoms with E-state index in [0.717, 1.165) is 60.8 Å². The lowest BCUT2D eigenvalue weighted by atomic mass is 10.0. The number of methoxy groups -OCH3 is 2. The number of ether oxygens (including phenoxy) is 2. The fourth-order valence-corrected chi connectivity index (χ4v) is 6.14. The lowest BCUT2D eigenvalue weighted by Gasteiger charge is -2.42. The van der Waals surface area contributed by atoms with Crippen molar-refractivity contribution in [3.63, 3.8) is 0 Å². The van der Waals surface area contributed by atoms with Gasteiger partial charge in [-0.05, 0) is 67.9 Å². The number of nitrogens with one attached hydrogen (secondary N) is 1. The van der Waals surface area contributed by atoms with Crippen LogP contribution in [-0.4, -0.2) is 44.9 Å². The van der Waals surface area contributed by atoms with Gasteiger partial charge >= 0.3 is 0 Å². The van der Waals surface area contributed by atoms with E-state index in [9.17, 15) is 8.78 Å². The maximum absolute atomic E-state index is 14.4. The highest BCUT2D eigenvalue weighted by Crippen LogP contribution is 2.44. The summed E-state index contributed by atoms with van der Waals surface area (Å²) in [5.74, 6) is 0.251. The normalized spacial score (nSPS) is 17.0. The van der Waals surface area contributed by atoms with E-state index >= 15 is 0 Å². The number of rotatable bonds is 6. The van der Waals surface area contributed by atoms with Crippen molar-refractivity contribution >= 4 is 17.0 Å². The largest absolute Gasteiger partial charge is 0.496 e. The van der Waals surface area contributed by atoms with Gasteiger partial charge in [-0.15, -0.1) is 11.3 Å². The molecule has 0 amide bonds. The summed E-state index contributed by atoms with van der Waals surface area (Å²) >= 11 is 1.68. The van der Waals surface area contributed by atoms with Crippen LogP contribution in [0.5, 0.6) is 11.5 Å². The summed E-state index contributed by atoms with van der Waals surface area (Å²) in [6, 6.07) is 12.4. The zero-order valence-electron chi connectivity index (χ0n) is 19.4. The van der Waals surface area contributed by atoms with Gasteiger partial charge in [0.15, 0.2) is 11.6 Å². The van der Waals surface area contributed by atoms with Crippen LogP contribution in [-0.2, 0) is 13.1 Å². The third kappa shape index (κ3) is 4.62. The van der Waals surface area contributed by atoms with Gasteiger partial charge in [0, 0.05) is 34.4 Å². The lowest BCUT2D eigenvalue weighted by Crippen LogP contribution is -2.49. The average Bonchev–Trinajstić information content (AvgIpc) is 3.29. The molecule has 2 aromatic carbocycles. The third-order valence-corrected chi connectivity index (χ3v) is 7.81. The van der Waals surface area contributed by atoms with Gasteiger partial charge in [0.2, 0.25) is 0 Å². The highest BCUT2D eigenvalue weighted by Gasteiger charge is 2.31. The Morgan fingerprint density at radius 3 is 2.50 bits per heavy atom. The van der Waals surface area contributed by atoms with Gasteiger partial charge < -0.3 is 19.7 Å². The Morgan fingerprint density at radius 1 is 1.00 bits per heavy atom. The zero-order chi connectivity index (χ0) is 23.7. The molecule has 0 unspecified atom stereocenters. The van der Waals surface area contributed by atoms with Gasteiger partial charge in [-0.2, -0.15) is 0 Å². The van der Waals surface area contributed by atoms with Crippen molar-refractivity contribution in [1.29, 1.82) is 0 Å². The minimum absolute atomic E-state index is 0.246. The number of hydrogen-bond acceptors (Lipinski definition) is 6. The molecule has 5 nitrogen and oxygen atoms in total. The first-order valence-corrected chi connectivity index (χ1v) is 12.4. The molecule has 3 heterocycles. The lowest BCUT2D eigenvalue weighted by molar-refractivity contribution is 0.147. The van der Waals surface area contributed by atoms with Crippen LogP contribution in [0.4, 0.5) is 14.5 Å². The van der Waals surface area contributed by atoms with Gasteiger partial charge in [-0.3, -0.25) is 4.90 Å². The van der Waals surface area contributed by atoms with Crippen molar-refractivity contribution in [2.75, 3.05) is 38.9 Å². The summed E-state index contributed by atoms with van der Waals surface area (Å²) < 4.78 is 39.1. The van der Waals surface area contributed by atoms with Crippen molar-refractivity contribution in [1.82, 2.24) is 10.2 Å². The maximum atomic E-state index is 14.4. The van der Waals surface area contributed by atoms with Gasteiger partial charge in [-0.25, -0.2) is 8.78 Å². The number of halogens is 2. The van der Waals surface area contributed by atoms with Crippen LogP contribution in [0.3, 0.4) is 0 Å². The number of piperidine rings is 1. The fourth-order valence-electron chi connectivity index (χ4n) is 4.92. The number of nitrogens with zero attached hydrogens (tertiary/aromatic N) is 2. The molecule has 1 N–H and O–H groups in total. The van der Waals surface area contributed by atoms with Gasteiger partial charge in [0.1, 0.15) is 11.6 Å². The van der Waals surface area contributed by atoms with Crippen LogP contribution < -0.4 is 19.7 Å². The van der Waals surface area contributed by atoms with E-state index in [1.54, 1.807) is 36.6 Å². The van der Waals surface area contributed by atoms with E-state index in [1.165, 1.54) is 24.1 Å². The molecule has 0 saturated carbocycles. The molecule has 34 heavy (non-hydrogen) atoms. The Bertz CT molecular complexity index is 1160. The molecule has 5 rings (SSSR count). The summed E-state index contributed by atoms with van der Waals surface area (Å²) in [4.78, 5) is 7.03. The van der Waals surface area contributed by atoms with Gasteiger partial charge in [0.05, 0.1) is 26.6 Å². The molecule has 8 heteroatoms. The topological polar surface area (TPSA) is 37.0 Å². The van der Waals surface area contributed by atoms with Crippen molar-refractivity contribution in [2.45, 2.75) is 32.0 Å². The summed E-state index contributed by atoms with van der Waals surface area (Å²) in [5, 5.41) is 3.44. The van der Waals surface area contributed by atoms with Crippen molar-refractivity contribution < 1.29 is 18.3 Å². The maximum Gasteiger partial charge on any atom is 0.165 e. The predicted molar refractivity (Wildman–Crippen MR) is 132 cm³/mol. The number of hydrogen-bond donors (Lipinski definition) is 1. The molecular weight excluding hydrogens is 456 g/mol. The monoisotopic (exact) mass is 485 g/mol. The predicted octanol–water partition coefficient (Wildman–Crippen LogP) is 5.24. The molecular formula is C26H29F2N3O2S. The molecule has 0 aliphatic carbocycles. The van der Waals surface area contributed by atoms with Gasteiger partial charge in [0.25, 0.3) is 0 Å². The quantitative estimate of drug-likeness (QED) is 0.517. The number of anilines is 1. The Kier molecular flexibility index (Phi) is 6.72. The van der Waals surface area contributed by atoms with E-state index in [0.29, 0.717) is 18.3 Å². The van der Waals surface area contributed by atoms with Crippen LogP contribution in [0.2, 0.25) is 0 Å². The molecule has 2 aliphatic heterocycles. The van der Waals surface area contributed by atoms with Crippen LogP contribution in [0, 0.1) is 11.6 Å². The SMILES string of the molecule is COc1ccc(CN2CN(C3CCNCC3)Cc3sc(-c4cc(F)ccc4OC)cc32)cc1F. The van der Waals surface area contributed by atoms with Crippen LogP contribution >= 0.6 is 11.3 Å². The number of benzene rings is 2. The standard InChI is InChI=1S/C26H29F2N3O2S/c1-32-23-6-4-18(27)12-20(23)25-13-22-26(34-25)15-30(19-7-9-29-10-8-19)16-31(22)14-17-3-5-24(33-2)21(28)11-17/h3-6,11-13,19,29H,7-10,14-16H2,1-2H3. The van der Waals surface area contributed by atoms with E-state index < -0.39 is 0 Å². The number of fused-ring (bicyclic) bond motifs is 1. The van der Waals surface area contributed by atoms with Gasteiger partial charge in [-0.1, -0.05) is 6.07 Å². The van der Waals surface area contributed by atoms with Crippen LogP contribution in [0.15, 0.2) is 42.5 Å². The Balaban J connectivity index is 1.50. The number of thiophene rings is 1. The minimum atomic E-state index is -0.358. The van der Waals surface area contributed by atoms with Crippen LogP contribution in [0.25, 0.3) is 10.4 Å². The van der Waals surface area contributed by atoms with E-state index in [2.05, 4.69) is 21.2 Å². The van der Waals surface area contributed by atoms with E-state index in [-0.39, 0.29) is 17.4 Å². The second-order valence-corrected chi connectivity index (χ2v) is 9.94. The minimum Gasteiger partial charge on any atom is -0.496 e. The van der Waals surface area contributed by atoms with Crippen molar-refractivity contribution in [3.8, 4) is 21.9 Å². The highest BCUT2D eigenvalue weighted by atomic mass is 32.1. The van der Waals surface area contributed by atoms with Crippen molar-refractivity contribution in [2.24, 2.45) is 0 Å². The molecule has 0 spiro atoms. The first-order chi connectivity index (χ1) is 16.6. The second kappa shape index (κ2) is 9.90. The molecule has 1 saturated heterocycles. The molecule has 0 radical (unpaired) electrons. The van der Waals surface area contributed by atoms with Crippen LogP contribution in [0.1, 0.15) is 23.3 Å². The Labute approximate surface area is 202 Å². The summed E-state index contributed by atoms with van der Waals surface area (Å²) in [6.45, 7) is 4.24. The first-order valence-electron chi connectivity index (χ1n) is 11.5. The Hall–Kier alpha value is -2.68. The summed E-state index contributed by atoms with van der Waals surface area (Å²) in [5.41, 5.74) is 2.76. The molecule has 180 valence electrons. The molecule has 1 fully saturated rings. The first kappa shape index (κ1) is 23.1. The summed E-state index contributed by atoms with van der Waals surface area (Å²) in [7, 11) is 3.08. The third-order valence-electron chi connectivity index (χ3n) is 6.67. The molecule has 0 bridgehead atoms. The van der Waals surface area contributed by atoms with E-state index in [1.807, 2.05) is 6.07 Å². The second-order valence-electron chi connectivity index (χ2n) is 8.80. The molecule has 2 aliphatic rings. The molecule has 1 aromatic heterocycles.